The number of nitrogens with zero attached hydrogens (tertiary/aromatic N) is 4. The van der Waals surface area contributed by atoms with Gasteiger partial charge in [0.1, 0.15) is 16.9 Å². The molecule has 4 rings (SSSR count). The highest BCUT2D eigenvalue weighted by Crippen LogP contribution is 2.38. The van der Waals surface area contributed by atoms with Gasteiger partial charge in [-0.1, -0.05) is 0 Å². The minimum atomic E-state index is -4.49. The first-order valence-corrected chi connectivity index (χ1v) is 12.9. The molecule has 0 unspecified atom stereocenters. The first-order chi connectivity index (χ1) is 16.0. The third-order valence-electron chi connectivity index (χ3n) is 5.05. The summed E-state index contributed by atoms with van der Waals surface area (Å²) in [5, 5.41) is 6.03. The number of benzene rings is 1. The number of sulfonamides is 1. The molecular formula is C20H20F3N5O4S2. The Labute approximate surface area is 197 Å². The molecule has 1 aliphatic heterocycles. The molecule has 14 heteroatoms. The molecule has 1 N–H and O–H groups in total. The van der Waals surface area contributed by atoms with Crippen molar-refractivity contribution in [1.29, 1.82) is 0 Å². The number of thiazole rings is 1. The number of amides is 1. The van der Waals surface area contributed by atoms with E-state index in [0.29, 0.717) is 36.7 Å². The van der Waals surface area contributed by atoms with Crippen molar-refractivity contribution in [3.05, 3.63) is 47.6 Å². The predicted octanol–water partition coefficient (Wildman–Crippen LogP) is 3.91. The Balaban J connectivity index is 1.42. The van der Waals surface area contributed by atoms with Crippen LogP contribution in [0.2, 0.25) is 0 Å². The lowest BCUT2D eigenvalue weighted by Crippen LogP contribution is -2.43. The number of carbonyl (C=O) groups excluding carboxylic acids is 1. The van der Waals surface area contributed by atoms with Crippen LogP contribution in [-0.4, -0.2) is 59.6 Å². The molecular weight excluding hydrogens is 495 g/mol. The van der Waals surface area contributed by atoms with Crippen LogP contribution < -0.4 is 9.46 Å². The molecule has 0 bridgehead atoms. The van der Waals surface area contributed by atoms with E-state index in [1.165, 1.54) is 35.9 Å². The lowest BCUT2D eigenvalue weighted by atomic mass is 10.1. The molecule has 9 nitrogen and oxygen atoms in total. The molecule has 3 heterocycles. The van der Waals surface area contributed by atoms with Crippen LogP contribution >= 0.6 is 11.3 Å². The van der Waals surface area contributed by atoms with Crippen LogP contribution in [0, 0.1) is 0 Å². The first-order valence-electron chi connectivity index (χ1n) is 10.1. The van der Waals surface area contributed by atoms with Crippen LogP contribution in [0.5, 0.6) is 5.75 Å². The van der Waals surface area contributed by atoms with Gasteiger partial charge in [0.25, 0.3) is 0 Å². The Morgan fingerprint density at radius 2 is 1.97 bits per heavy atom. The van der Waals surface area contributed by atoms with Crippen molar-refractivity contribution < 1.29 is 31.1 Å². The summed E-state index contributed by atoms with van der Waals surface area (Å²) in [6.45, 7) is 0.677. The largest absolute Gasteiger partial charge is 0.490 e. The van der Waals surface area contributed by atoms with Crippen LogP contribution in [0.25, 0.3) is 10.6 Å². The van der Waals surface area contributed by atoms with E-state index in [-0.39, 0.29) is 17.5 Å². The summed E-state index contributed by atoms with van der Waals surface area (Å²) in [5.74, 6) is 0.336. The van der Waals surface area contributed by atoms with Crippen molar-refractivity contribution in [3.8, 4) is 16.3 Å². The number of hydrogen-bond acceptors (Lipinski definition) is 7. The van der Waals surface area contributed by atoms with Gasteiger partial charge in [-0.2, -0.15) is 17.9 Å². The summed E-state index contributed by atoms with van der Waals surface area (Å²) in [6, 6.07) is 4.27. The van der Waals surface area contributed by atoms with E-state index in [9.17, 15) is 26.4 Å². The van der Waals surface area contributed by atoms with E-state index < -0.39 is 27.8 Å². The lowest BCUT2D eigenvalue weighted by molar-refractivity contribution is -0.137. The fourth-order valence-electron chi connectivity index (χ4n) is 3.50. The molecule has 1 amide bonds. The number of piperidine rings is 1. The van der Waals surface area contributed by atoms with Crippen molar-refractivity contribution >= 4 is 33.2 Å². The summed E-state index contributed by atoms with van der Waals surface area (Å²) < 4.78 is 71.5. The molecule has 34 heavy (non-hydrogen) atoms. The second-order valence-corrected chi connectivity index (χ2v) is 10.3. The Hall–Kier alpha value is -3.13. The lowest BCUT2D eigenvalue weighted by Gasteiger charge is -2.32. The Kier molecular flexibility index (Phi) is 6.53. The van der Waals surface area contributed by atoms with Gasteiger partial charge in [0.15, 0.2) is 5.82 Å². The molecule has 3 aromatic rings. The van der Waals surface area contributed by atoms with Gasteiger partial charge in [-0.3, -0.25) is 4.72 Å². The quantitative estimate of drug-likeness (QED) is 0.552. The average Bonchev–Trinajstić information content (AvgIpc) is 3.44. The number of halogens is 3. The Bertz CT molecular complexity index is 1270. The highest BCUT2D eigenvalue weighted by molar-refractivity contribution is 7.92. The average molecular weight is 516 g/mol. The molecule has 0 aliphatic carbocycles. The molecule has 0 saturated carbocycles. The van der Waals surface area contributed by atoms with Gasteiger partial charge in [0, 0.05) is 49.8 Å². The summed E-state index contributed by atoms with van der Waals surface area (Å²) in [6.07, 6.45) is -0.0188. The number of alkyl halides is 3. The highest BCUT2D eigenvalue weighted by atomic mass is 32.2. The van der Waals surface area contributed by atoms with E-state index in [1.807, 2.05) is 0 Å². The number of ether oxygens (including phenoxy) is 1. The third-order valence-corrected chi connectivity index (χ3v) is 6.44. The SMILES string of the molecule is CS(=O)(=O)Nc1ccn(C(=O)N2CCC(Oc3ccc(C(F)(F)F)cc3-c3nccs3)CC2)n1. The maximum absolute atomic E-state index is 13.2. The topological polar surface area (TPSA) is 106 Å². The predicted molar refractivity (Wildman–Crippen MR) is 119 cm³/mol. The highest BCUT2D eigenvalue weighted by Gasteiger charge is 2.32. The van der Waals surface area contributed by atoms with Crippen molar-refractivity contribution in [2.75, 3.05) is 24.1 Å². The molecule has 0 radical (unpaired) electrons. The van der Waals surface area contributed by atoms with Gasteiger partial charge in [-0.15, -0.1) is 16.4 Å². The minimum Gasteiger partial charge on any atom is -0.490 e. The van der Waals surface area contributed by atoms with Gasteiger partial charge in [0.05, 0.1) is 17.4 Å². The standard InChI is InChI=1S/C20H20F3N5O4S2/c1-34(30,31)26-17-6-10-28(25-17)19(29)27-8-4-14(5-9-27)32-16-3-2-13(20(21,22)23)12-15(16)18-24-7-11-33-18/h2-3,6-7,10-12,14H,4-5,8-9H2,1H3,(H,25,26). The maximum Gasteiger partial charge on any atom is 0.416 e. The molecule has 182 valence electrons. The Morgan fingerprint density at radius 3 is 2.59 bits per heavy atom. The van der Waals surface area contributed by atoms with Crippen LogP contribution in [0.1, 0.15) is 18.4 Å². The zero-order valence-electron chi connectivity index (χ0n) is 17.8. The van der Waals surface area contributed by atoms with Gasteiger partial charge in [-0.25, -0.2) is 18.2 Å². The van der Waals surface area contributed by atoms with E-state index in [0.717, 1.165) is 23.1 Å². The molecule has 1 saturated heterocycles. The molecule has 2 aromatic heterocycles. The van der Waals surface area contributed by atoms with E-state index in [2.05, 4.69) is 14.8 Å². The minimum absolute atomic E-state index is 0.0334. The van der Waals surface area contributed by atoms with Gasteiger partial charge in [-0.05, 0) is 18.2 Å². The Morgan fingerprint density at radius 1 is 1.24 bits per heavy atom. The van der Waals surface area contributed by atoms with Crippen LogP contribution in [0.15, 0.2) is 42.0 Å². The van der Waals surface area contributed by atoms with Crippen molar-refractivity contribution in [1.82, 2.24) is 19.7 Å². The fraction of sp³-hybridized carbons (Fsp3) is 0.350. The zero-order valence-corrected chi connectivity index (χ0v) is 19.5. The number of carbonyl (C=O) groups is 1. The molecule has 1 aliphatic rings. The molecule has 0 spiro atoms. The first kappa shape index (κ1) is 24.0. The second kappa shape index (κ2) is 9.25. The molecule has 0 atom stereocenters. The number of nitrogens with one attached hydrogen (secondary N) is 1. The van der Waals surface area contributed by atoms with Crippen molar-refractivity contribution in [3.63, 3.8) is 0 Å². The number of anilines is 1. The van der Waals surface area contributed by atoms with E-state index in [1.54, 1.807) is 10.3 Å². The number of hydrogen-bond donors (Lipinski definition) is 1. The van der Waals surface area contributed by atoms with E-state index >= 15 is 0 Å². The van der Waals surface area contributed by atoms with Crippen LogP contribution in [0.4, 0.5) is 23.8 Å². The maximum atomic E-state index is 13.2. The fourth-order valence-corrected chi connectivity index (χ4v) is 4.64. The smallest absolute Gasteiger partial charge is 0.416 e. The summed E-state index contributed by atoms with van der Waals surface area (Å²) in [7, 11) is -3.52. The van der Waals surface area contributed by atoms with Crippen LogP contribution in [-0.2, 0) is 16.2 Å². The van der Waals surface area contributed by atoms with Crippen molar-refractivity contribution in [2.45, 2.75) is 25.1 Å². The summed E-state index contributed by atoms with van der Waals surface area (Å²) in [5.41, 5.74) is -0.514. The second-order valence-electron chi connectivity index (χ2n) is 7.65. The number of rotatable bonds is 5. The van der Waals surface area contributed by atoms with Crippen LogP contribution in [0.3, 0.4) is 0 Å². The monoisotopic (exact) mass is 515 g/mol. The molecule has 1 fully saturated rings. The van der Waals surface area contributed by atoms with Gasteiger partial charge < -0.3 is 9.64 Å². The molecule has 1 aromatic carbocycles. The third kappa shape index (κ3) is 5.67. The van der Waals surface area contributed by atoms with Crippen molar-refractivity contribution in [2.24, 2.45) is 0 Å². The van der Waals surface area contributed by atoms with E-state index in [4.69, 9.17) is 4.74 Å². The summed E-state index contributed by atoms with van der Waals surface area (Å²) in [4.78, 5) is 18.3. The van der Waals surface area contributed by atoms with Gasteiger partial charge in [0.2, 0.25) is 10.0 Å². The van der Waals surface area contributed by atoms with Gasteiger partial charge >= 0.3 is 12.2 Å². The number of likely N-dealkylation sites (tertiary alicyclic amines) is 1. The number of aromatic nitrogens is 3. The zero-order chi connectivity index (χ0) is 24.5. The summed E-state index contributed by atoms with van der Waals surface area (Å²) >= 11 is 1.21. The normalized spacial score (nSPS) is 15.4.